The number of halogens is 2. The van der Waals surface area contributed by atoms with Crippen molar-refractivity contribution in [3.05, 3.63) is 76.7 Å². The van der Waals surface area contributed by atoms with Crippen LogP contribution < -0.4 is 4.74 Å². The maximum Gasteiger partial charge on any atom is 0.387 e. The van der Waals surface area contributed by atoms with Crippen LogP contribution in [0, 0.1) is 25.2 Å². The van der Waals surface area contributed by atoms with E-state index >= 15 is 0 Å². The zero-order chi connectivity index (χ0) is 33.5. The van der Waals surface area contributed by atoms with Crippen LogP contribution in [-0.4, -0.2) is 63.1 Å². The molecule has 0 aliphatic carbocycles. The van der Waals surface area contributed by atoms with Gasteiger partial charge in [0.25, 0.3) is 0 Å². The number of oxazole rings is 2. The molecular weight excluding hydrogens is 620 g/mol. The average Bonchev–Trinajstić information content (AvgIpc) is 3.80. The van der Waals surface area contributed by atoms with E-state index in [1.165, 1.54) is 6.07 Å². The summed E-state index contributed by atoms with van der Waals surface area (Å²) in [6.45, 7) is 3.31. The Bertz CT molecular complexity index is 2070. The van der Waals surface area contributed by atoms with Crippen molar-refractivity contribution in [1.29, 1.82) is 5.26 Å². The van der Waals surface area contributed by atoms with Crippen molar-refractivity contribution in [2.45, 2.75) is 58.9 Å². The Balaban J connectivity index is 1.23. The number of nitriles is 1. The first-order chi connectivity index (χ1) is 23.2. The molecule has 0 spiro atoms. The van der Waals surface area contributed by atoms with Gasteiger partial charge >= 0.3 is 12.6 Å². The number of benzene rings is 3. The van der Waals surface area contributed by atoms with E-state index in [0.717, 1.165) is 51.4 Å². The molecule has 0 bridgehead atoms. The van der Waals surface area contributed by atoms with E-state index in [2.05, 4.69) is 11.0 Å². The van der Waals surface area contributed by atoms with Crippen LogP contribution in [0.5, 0.6) is 5.75 Å². The minimum absolute atomic E-state index is 0.0693. The summed E-state index contributed by atoms with van der Waals surface area (Å²) in [6, 6.07) is 16.4. The molecule has 3 aromatic carbocycles. The quantitative estimate of drug-likeness (QED) is 0.167. The van der Waals surface area contributed by atoms with Crippen molar-refractivity contribution in [1.82, 2.24) is 19.8 Å². The van der Waals surface area contributed by atoms with E-state index in [1.54, 1.807) is 11.0 Å². The third-order valence-corrected chi connectivity index (χ3v) is 9.33. The molecule has 5 aromatic rings. The fraction of sp³-hybridized carbons (Fsp3) is 0.333. The van der Waals surface area contributed by atoms with Crippen molar-refractivity contribution in [2.24, 2.45) is 0 Å². The van der Waals surface area contributed by atoms with Crippen molar-refractivity contribution >= 4 is 17.1 Å². The molecule has 246 valence electrons. The van der Waals surface area contributed by atoms with Gasteiger partial charge in [-0.1, -0.05) is 24.3 Å². The molecule has 0 saturated carbocycles. The number of hydrogen-bond acceptors (Lipinski definition) is 9. The highest BCUT2D eigenvalue weighted by atomic mass is 19.3. The Kier molecular flexibility index (Phi) is 8.41. The Hall–Kier alpha value is -5.12. The highest BCUT2D eigenvalue weighted by Gasteiger charge is 2.31. The van der Waals surface area contributed by atoms with Crippen molar-refractivity contribution in [3.63, 3.8) is 0 Å². The number of aliphatic carboxylic acids is 1. The Morgan fingerprint density at radius 2 is 1.73 bits per heavy atom. The summed E-state index contributed by atoms with van der Waals surface area (Å²) >= 11 is 0. The summed E-state index contributed by atoms with van der Waals surface area (Å²) in [5, 5.41) is 18.7. The first kappa shape index (κ1) is 31.5. The molecule has 1 saturated heterocycles. The second-order valence-corrected chi connectivity index (χ2v) is 12.3. The molecule has 0 amide bonds. The second-order valence-electron chi connectivity index (χ2n) is 12.3. The molecular formula is C36H33F2N5O5. The molecule has 12 heteroatoms. The number of rotatable bonds is 9. The van der Waals surface area contributed by atoms with Crippen LogP contribution in [0.2, 0.25) is 0 Å². The van der Waals surface area contributed by atoms with Gasteiger partial charge in [-0.2, -0.15) is 14.0 Å². The predicted octanol–water partition coefficient (Wildman–Crippen LogP) is 6.97. The lowest BCUT2D eigenvalue weighted by Gasteiger charge is -2.22. The number of ether oxygens (including phenoxy) is 1. The van der Waals surface area contributed by atoms with Gasteiger partial charge in [0, 0.05) is 48.8 Å². The van der Waals surface area contributed by atoms with E-state index in [0.29, 0.717) is 61.8 Å². The van der Waals surface area contributed by atoms with Crippen molar-refractivity contribution in [3.8, 4) is 45.9 Å². The molecule has 48 heavy (non-hydrogen) atoms. The smallest absolute Gasteiger partial charge is 0.387 e. The van der Waals surface area contributed by atoms with Gasteiger partial charge in [0.2, 0.25) is 11.8 Å². The standard InChI is InChI=1S/C36H33F2N5O5/c1-20-23(24-7-4-9-26(21(24)2)34-41-28-19-42(15-12-39)14-11-30(28)46-34)6-3-8-25(20)33-40-27-16-22(18-43-13-5-10-29(43)35(44)45)31(48-36(37)38)17-32(27)47-33/h3-4,6-9,16-17,29,36H,5,10-11,13-15,18-19H2,1-2H3,(H,44,45). The molecule has 1 fully saturated rings. The highest BCUT2D eigenvalue weighted by Crippen LogP contribution is 2.39. The van der Waals surface area contributed by atoms with Crippen LogP contribution in [0.1, 0.15) is 41.0 Å². The number of hydrogen-bond donors (Lipinski definition) is 1. The van der Waals surface area contributed by atoms with Crippen LogP contribution in [-0.2, 0) is 24.3 Å². The topological polar surface area (TPSA) is 129 Å². The Morgan fingerprint density at radius 3 is 2.40 bits per heavy atom. The molecule has 7 rings (SSSR count). The monoisotopic (exact) mass is 653 g/mol. The third-order valence-electron chi connectivity index (χ3n) is 9.33. The molecule has 1 N–H and O–H groups in total. The van der Waals surface area contributed by atoms with Gasteiger partial charge in [0.1, 0.15) is 23.1 Å². The minimum atomic E-state index is -3.06. The molecule has 2 aliphatic heterocycles. The molecule has 1 unspecified atom stereocenters. The summed E-state index contributed by atoms with van der Waals surface area (Å²) in [4.78, 5) is 25.1. The zero-order valence-electron chi connectivity index (χ0n) is 26.5. The zero-order valence-corrected chi connectivity index (χ0v) is 26.5. The largest absolute Gasteiger partial charge is 0.480 e. The summed E-state index contributed by atoms with van der Waals surface area (Å²) in [5.74, 6) is 0.718. The van der Waals surface area contributed by atoms with E-state index in [1.807, 2.05) is 50.2 Å². The van der Waals surface area contributed by atoms with Gasteiger partial charge in [-0.3, -0.25) is 14.6 Å². The summed E-state index contributed by atoms with van der Waals surface area (Å²) in [7, 11) is 0. The summed E-state index contributed by atoms with van der Waals surface area (Å²) in [5.41, 5.74) is 7.47. The molecule has 2 aromatic heterocycles. The number of alkyl halides is 2. The van der Waals surface area contributed by atoms with E-state index in [-0.39, 0.29) is 17.9 Å². The predicted molar refractivity (Wildman–Crippen MR) is 172 cm³/mol. The fourth-order valence-electron chi connectivity index (χ4n) is 6.88. The lowest BCUT2D eigenvalue weighted by Crippen LogP contribution is -2.35. The minimum Gasteiger partial charge on any atom is -0.480 e. The van der Waals surface area contributed by atoms with Crippen LogP contribution >= 0.6 is 0 Å². The first-order valence-electron chi connectivity index (χ1n) is 15.8. The van der Waals surface area contributed by atoms with Gasteiger partial charge in [-0.05, 0) is 73.7 Å². The lowest BCUT2D eigenvalue weighted by atomic mass is 9.91. The Morgan fingerprint density at radius 1 is 1.04 bits per heavy atom. The van der Waals surface area contributed by atoms with Gasteiger partial charge in [-0.15, -0.1) is 0 Å². The van der Waals surface area contributed by atoms with Crippen molar-refractivity contribution < 1.29 is 32.3 Å². The van der Waals surface area contributed by atoms with Gasteiger partial charge < -0.3 is 18.7 Å². The van der Waals surface area contributed by atoms with Crippen LogP contribution in [0.15, 0.2) is 57.4 Å². The fourth-order valence-corrected chi connectivity index (χ4v) is 6.88. The van der Waals surface area contributed by atoms with Gasteiger partial charge in [0.05, 0.1) is 18.3 Å². The molecule has 0 radical (unpaired) electrons. The number of aromatic nitrogens is 2. The molecule has 1 atom stereocenters. The summed E-state index contributed by atoms with van der Waals surface area (Å²) in [6.07, 6.45) is 1.90. The molecule has 4 heterocycles. The maximum absolute atomic E-state index is 13.4. The number of carboxylic acids is 1. The van der Waals surface area contributed by atoms with Crippen LogP contribution in [0.3, 0.4) is 0 Å². The summed E-state index contributed by atoms with van der Waals surface area (Å²) < 4.78 is 44.1. The van der Waals surface area contributed by atoms with Crippen LogP contribution in [0.4, 0.5) is 8.78 Å². The number of carbonyl (C=O) groups is 1. The SMILES string of the molecule is Cc1c(-c2nc3c(o2)CCN(CC#N)C3)cccc1-c1cccc(-c2nc3cc(CN4CCCC4C(=O)O)c(OC(F)F)cc3o2)c1C. The highest BCUT2D eigenvalue weighted by molar-refractivity contribution is 5.84. The van der Waals surface area contributed by atoms with E-state index in [4.69, 9.17) is 28.8 Å². The number of likely N-dealkylation sites (tertiary alicyclic amines) is 1. The Labute approximate surface area is 275 Å². The van der Waals surface area contributed by atoms with E-state index < -0.39 is 18.6 Å². The third kappa shape index (κ3) is 5.91. The first-order valence-corrected chi connectivity index (χ1v) is 15.8. The molecule has 2 aliphatic rings. The van der Waals surface area contributed by atoms with Crippen LogP contribution in [0.25, 0.3) is 45.1 Å². The second kappa shape index (κ2) is 12.8. The lowest BCUT2D eigenvalue weighted by molar-refractivity contribution is -0.142. The number of fused-ring (bicyclic) bond motifs is 2. The average molecular weight is 654 g/mol. The van der Waals surface area contributed by atoms with Gasteiger partial charge in [-0.25, -0.2) is 9.97 Å². The normalized spacial score (nSPS) is 16.8. The maximum atomic E-state index is 13.4. The van der Waals surface area contributed by atoms with E-state index in [9.17, 15) is 18.7 Å². The molecule has 10 nitrogen and oxygen atoms in total. The van der Waals surface area contributed by atoms with Crippen molar-refractivity contribution in [2.75, 3.05) is 19.6 Å². The number of nitrogens with zero attached hydrogens (tertiary/aromatic N) is 5. The number of carboxylic acid groups (broad SMARTS) is 1. The van der Waals surface area contributed by atoms with Gasteiger partial charge in [0.15, 0.2) is 5.58 Å².